The number of hydrogen-bond acceptors (Lipinski definition) is 5. The van der Waals surface area contributed by atoms with E-state index in [1.54, 1.807) is 0 Å². The van der Waals surface area contributed by atoms with Gasteiger partial charge in [0.1, 0.15) is 12.2 Å². The number of hydrogen-bond donors (Lipinski definition) is 2. The van der Waals surface area contributed by atoms with Gasteiger partial charge in [0, 0.05) is 44.1 Å². The van der Waals surface area contributed by atoms with Gasteiger partial charge < -0.3 is 15.0 Å². The number of nitriles is 1. The van der Waals surface area contributed by atoms with Crippen LogP contribution in [-0.2, 0) is 19.6 Å². The second-order valence-electron chi connectivity index (χ2n) is 7.07. The largest absolute Gasteiger partial charge is 0.385 e. The molecule has 2 aromatic heterocycles. The molecule has 0 aromatic carbocycles. The van der Waals surface area contributed by atoms with Gasteiger partial charge >= 0.3 is 0 Å². The second-order valence-corrected chi connectivity index (χ2v) is 7.07. The molecule has 0 saturated carbocycles. The van der Waals surface area contributed by atoms with Crippen molar-refractivity contribution in [3.05, 3.63) is 40.5 Å². The van der Waals surface area contributed by atoms with E-state index in [9.17, 15) is 5.11 Å². The number of fused-ring (bicyclic) bond motifs is 1. The number of likely N-dealkylation sites (N-methyl/N-ethyl adjacent to an activating group) is 1. The molecule has 25 heavy (non-hydrogen) atoms. The van der Waals surface area contributed by atoms with Crippen LogP contribution in [0.1, 0.15) is 40.9 Å². The van der Waals surface area contributed by atoms with Crippen molar-refractivity contribution in [1.29, 1.82) is 5.26 Å². The van der Waals surface area contributed by atoms with Gasteiger partial charge in [-0.1, -0.05) is 0 Å². The molecule has 1 unspecified atom stereocenters. The van der Waals surface area contributed by atoms with Crippen molar-refractivity contribution in [3.8, 4) is 6.07 Å². The molecule has 3 rings (SSSR count). The fourth-order valence-electron chi connectivity index (χ4n) is 3.36. The third kappa shape index (κ3) is 4.10. The van der Waals surface area contributed by atoms with Gasteiger partial charge in [0.05, 0.1) is 17.0 Å². The number of aliphatic hydroxyl groups excluding tert-OH is 1. The zero-order chi connectivity index (χ0) is 18.0. The molecule has 0 aliphatic carbocycles. The molecule has 1 atom stereocenters. The SMILES string of the molecule is Cc1[nH]c(CN2CCCn3nc(C(O)CN(C)C)cc3C2)cc1C#N. The van der Waals surface area contributed by atoms with E-state index < -0.39 is 6.10 Å². The van der Waals surface area contributed by atoms with Crippen LogP contribution < -0.4 is 0 Å². The van der Waals surface area contributed by atoms with Gasteiger partial charge in [-0.15, -0.1) is 0 Å². The summed E-state index contributed by atoms with van der Waals surface area (Å²) in [6, 6.07) is 6.17. The molecule has 2 N–H and O–H groups in total. The number of aromatic nitrogens is 3. The summed E-state index contributed by atoms with van der Waals surface area (Å²) >= 11 is 0. The molecular weight excluding hydrogens is 316 g/mol. The number of rotatable bonds is 5. The van der Waals surface area contributed by atoms with E-state index in [2.05, 4.69) is 21.1 Å². The Morgan fingerprint density at radius 2 is 2.20 bits per heavy atom. The van der Waals surface area contributed by atoms with E-state index in [1.165, 1.54) is 0 Å². The van der Waals surface area contributed by atoms with Gasteiger partial charge in [-0.3, -0.25) is 9.58 Å². The molecular formula is C18H26N6O. The first-order valence-corrected chi connectivity index (χ1v) is 8.66. The molecule has 0 spiro atoms. The molecule has 0 amide bonds. The Labute approximate surface area is 148 Å². The minimum absolute atomic E-state index is 0.563. The number of aromatic amines is 1. The number of aryl methyl sites for hydroxylation is 2. The summed E-state index contributed by atoms with van der Waals surface area (Å²) in [6.07, 6.45) is 0.454. The predicted molar refractivity (Wildman–Crippen MR) is 94.7 cm³/mol. The van der Waals surface area contributed by atoms with Crippen LogP contribution in [0.15, 0.2) is 12.1 Å². The summed E-state index contributed by atoms with van der Waals surface area (Å²) < 4.78 is 2.02. The number of nitrogens with one attached hydrogen (secondary N) is 1. The van der Waals surface area contributed by atoms with Crippen molar-refractivity contribution in [2.75, 3.05) is 27.2 Å². The average Bonchev–Trinajstić information content (AvgIpc) is 3.05. The molecule has 0 radical (unpaired) electrons. The summed E-state index contributed by atoms with van der Waals surface area (Å²) in [5.41, 5.74) is 4.58. The lowest BCUT2D eigenvalue weighted by Crippen LogP contribution is -2.23. The molecule has 134 valence electrons. The highest BCUT2D eigenvalue weighted by Gasteiger charge is 2.20. The summed E-state index contributed by atoms with van der Waals surface area (Å²) in [4.78, 5) is 7.62. The maximum atomic E-state index is 10.3. The summed E-state index contributed by atoms with van der Waals surface area (Å²) in [6.45, 7) is 5.92. The molecule has 0 fully saturated rings. The van der Waals surface area contributed by atoms with E-state index in [4.69, 9.17) is 5.26 Å². The Bertz CT molecular complexity index is 769. The van der Waals surface area contributed by atoms with Crippen LogP contribution in [0.3, 0.4) is 0 Å². The topological polar surface area (TPSA) is 84.1 Å². The first kappa shape index (κ1) is 17.7. The molecule has 3 heterocycles. The van der Waals surface area contributed by atoms with Gasteiger partial charge in [-0.25, -0.2) is 0 Å². The molecule has 1 aliphatic rings. The first-order valence-electron chi connectivity index (χ1n) is 8.66. The van der Waals surface area contributed by atoms with Gasteiger partial charge in [-0.2, -0.15) is 10.4 Å². The lowest BCUT2D eigenvalue weighted by Gasteiger charge is -2.18. The fourth-order valence-corrected chi connectivity index (χ4v) is 3.36. The fraction of sp³-hybridized carbons (Fsp3) is 0.556. The molecule has 1 aliphatic heterocycles. The van der Waals surface area contributed by atoms with E-state index in [-0.39, 0.29) is 0 Å². The Kier molecular flexibility index (Phi) is 5.23. The minimum atomic E-state index is -0.563. The third-order valence-corrected chi connectivity index (χ3v) is 4.58. The maximum absolute atomic E-state index is 10.3. The van der Waals surface area contributed by atoms with Gasteiger partial charge in [0.2, 0.25) is 0 Å². The van der Waals surface area contributed by atoms with Crippen LogP contribution in [0.4, 0.5) is 0 Å². The van der Waals surface area contributed by atoms with E-state index >= 15 is 0 Å². The first-order chi connectivity index (χ1) is 12.0. The minimum Gasteiger partial charge on any atom is -0.385 e. The maximum Gasteiger partial charge on any atom is 0.110 e. The van der Waals surface area contributed by atoms with Crippen molar-refractivity contribution in [2.45, 2.75) is 39.1 Å². The Balaban J connectivity index is 1.72. The second kappa shape index (κ2) is 7.40. The highest BCUT2D eigenvalue weighted by atomic mass is 16.3. The molecule has 0 saturated heterocycles. The highest BCUT2D eigenvalue weighted by molar-refractivity contribution is 5.35. The van der Waals surface area contributed by atoms with Crippen LogP contribution >= 0.6 is 0 Å². The van der Waals surface area contributed by atoms with Crippen molar-refractivity contribution < 1.29 is 5.11 Å². The molecule has 7 nitrogen and oxygen atoms in total. The van der Waals surface area contributed by atoms with Crippen molar-refractivity contribution >= 4 is 0 Å². The van der Waals surface area contributed by atoms with Gasteiger partial charge in [0.15, 0.2) is 0 Å². The van der Waals surface area contributed by atoms with Gasteiger partial charge in [-0.05, 0) is 39.6 Å². The quantitative estimate of drug-likeness (QED) is 0.858. The van der Waals surface area contributed by atoms with Crippen LogP contribution in [0, 0.1) is 18.3 Å². The smallest absolute Gasteiger partial charge is 0.110 e. The van der Waals surface area contributed by atoms with E-state index in [1.807, 2.05) is 42.7 Å². The Hall–Kier alpha value is -2.14. The average molecular weight is 342 g/mol. The molecule has 2 aromatic rings. The standard InChI is InChI=1S/C18H26N6O/c1-13-14(9-19)7-15(20-13)10-23-5-4-6-24-16(11-23)8-17(21-24)18(25)12-22(2)3/h7-8,18,20,25H,4-6,10-12H2,1-3H3. The van der Waals surface area contributed by atoms with Crippen molar-refractivity contribution in [2.24, 2.45) is 0 Å². The zero-order valence-corrected chi connectivity index (χ0v) is 15.2. The monoisotopic (exact) mass is 342 g/mol. The van der Waals surface area contributed by atoms with Crippen LogP contribution in [-0.4, -0.2) is 56.9 Å². The third-order valence-electron chi connectivity index (χ3n) is 4.58. The number of H-pyrrole nitrogens is 1. The van der Waals surface area contributed by atoms with E-state index in [0.29, 0.717) is 12.1 Å². The Morgan fingerprint density at radius 3 is 2.88 bits per heavy atom. The van der Waals surface area contributed by atoms with Crippen molar-refractivity contribution in [3.63, 3.8) is 0 Å². The predicted octanol–water partition coefficient (Wildman–Crippen LogP) is 1.39. The Morgan fingerprint density at radius 1 is 1.40 bits per heavy atom. The highest BCUT2D eigenvalue weighted by Crippen LogP contribution is 2.20. The van der Waals surface area contributed by atoms with Crippen LogP contribution in [0.25, 0.3) is 0 Å². The zero-order valence-electron chi connectivity index (χ0n) is 15.2. The van der Waals surface area contributed by atoms with E-state index in [0.717, 1.165) is 55.4 Å². The van der Waals surface area contributed by atoms with Crippen LogP contribution in [0.2, 0.25) is 0 Å². The summed E-state index contributed by atoms with van der Waals surface area (Å²) in [5.74, 6) is 0. The molecule has 0 bridgehead atoms. The van der Waals surface area contributed by atoms with Crippen LogP contribution in [0.5, 0.6) is 0 Å². The van der Waals surface area contributed by atoms with Crippen molar-refractivity contribution in [1.82, 2.24) is 24.6 Å². The lowest BCUT2D eigenvalue weighted by molar-refractivity contribution is 0.133. The number of nitrogens with zero attached hydrogens (tertiary/aromatic N) is 5. The summed E-state index contributed by atoms with van der Waals surface area (Å²) in [7, 11) is 3.89. The lowest BCUT2D eigenvalue weighted by atomic mass is 10.2. The summed E-state index contributed by atoms with van der Waals surface area (Å²) in [5, 5.41) is 24.0. The normalized spacial score (nSPS) is 16.5. The molecule has 7 heteroatoms. The van der Waals surface area contributed by atoms with Gasteiger partial charge in [0.25, 0.3) is 0 Å². The number of aliphatic hydroxyl groups is 1.